The van der Waals surface area contributed by atoms with Gasteiger partial charge in [-0.05, 0) is 38.5 Å². The van der Waals surface area contributed by atoms with Gasteiger partial charge in [0.1, 0.15) is 5.60 Å². The topological polar surface area (TPSA) is 49.9 Å². The van der Waals surface area contributed by atoms with Crippen molar-refractivity contribution in [3.63, 3.8) is 0 Å². The third-order valence-electron chi connectivity index (χ3n) is 5.01. The number of benzene rings is 2. The Hall–Kier alpha value is -2.82. The number of nitrogens with zero attached hydrogens (tertiary/aromatic N) is 2. The van der Waals surface area contributed by atoms with E-state index >= 15 is 0 Å². The maximum absolute atomic E-state index is 13.4. The molecule has 0 saturated heterocycles. The number of anilines is 2. The zero-order valence-electron chi connectivity index (χ0n) is 15.4. The third-order valence-corrected chi connectivity index (χ3v) is 5.01. The van der Waals surface area contributed by atoms with E-state index in [1.807, 2.05) is 69.3 Å². The molecule has 5 heteroatoms. The lowest BCUT2D eigenvalue weighted by Gasteiger charge is -2.35. The van der Waals surface area contributed by atoms with Gasteiger partial charge in [-0.25, -0.2) is 4.79 Å². The average molecular weight is 350 g/mol. The Morgan fingerprint density at radius 2 is 1.65 bits per heavy atom. The van der Waals surface area contributed by atoms with Gasteiger partial charge in [0, 0.05) is 24.7 Å². The van der Waals surface area contributed by atoms with Gasteiger partial charge in [-0.1, -0.05) is 36.4 Å². The molecule has 5 nitrogen and oxygen atoms in total. The second-order valence-electron chi connectivity index (χ2n) is 7.86. The predicted octanol–water partition coefficient (Wildman–Crippen LogP) is 3.86. The number of para-hydroxylation sites is 2. The molecular formula is C21H22N2O3. The first-order valence-corrected chi connectivity index (χ1v) is 8.74. The number of carbonyl (C=O) groups is 2. The summed E-state index contributed by atoms with van der Waals surface area (Å²) in [4.78, 5) is 29.8. The van der Waals surface area contributed by atoms with Crippen LogP contribution in [0.2, 0.25) is 0 Å². The number of ether oxygens (including phenoxy) is 1. The van der Waals surface area contributed by atoms with E-state index in [1.165, 1.54) is 0 Å². The van der Waals surface area contributed by atoms with Crippen LogP contribution in [0.5, 0.6) is 0 Å². The minimum absolute atomic E-state index is 0.110. The lowest BCUT2D eigenvalue weighted by Crippen LogP contribution is -2.54. The van der Waals surface area contributed by atoms with Gasteiger partial charge in [-0.3, -0.25) is 9.69 Å². The molecule has 134 valence electrons. The minimum atomic E-state index is -1.09. The molecule has 0 aromatic heterocycles. The van der Waals surface area contributed by atoms with Crippen molar-refractivity contribution >= 4 is 23.4 Å². The lowest BCUT2D eigenvalue weighted by molar-refractivity contribution is -0.122. The van der Waals surface area contributed by atoms with E-state index in [1.54, 1.807) is 16.8 Å². The van der Waals surface area contributed by atoms with Crippen LogP contribution < -0.4 is 9.80 Å². The largest absolute Gasteiger partial charge is 0.443 e. The van der Waals surface area contributed by atoms with Crippen molar-refractivity contribution in [2.24, 2.45) is 0 Å². The van der Waals surface area contributed by atoms with Crippen molar-refractivity contribution in [3.8, 4) is 0 Å². The highest BCUT2D eigenvalue weighted by Gasteiger charge is 2.60. The fourth-order valence-electron chi connectivity index (χ4n) is 4.01. The Kier molecular flexibility index (Phi) is 3.41. The molecule has 2 amide bonds. The monoisotopic (exact) mass is 350 g/mol. The number of rotatable bonds is 0. The molecular weight excluding hydrogens is 328 g/mol. The highest BCUT2D eigenvalue weighted by atomic mass is 16.6. The van der Waals surface area contributed by atoms with Gasteiger partial charge in [-0.2, -0.15) is 0 Å². The Morgan fingerprint density at radius 3 is 2.35 bits per heavy atom. The first-order chi connectivity index (χ1) is 12.3. The number of likely N-dealkylation sites (N-methyl/N-ethyl adjacent to an activating group) is 1. The van der Waals surface area contributed by atoms with Crippen LogP contribution in [0.1, 0.15) is 31.9 Å². The van der Waals surface area contributed by atoms with E-state index < -0.39 is 17.2 Å². The van der Waals surface area contributed by atoms with Crippen LogP contribution in [0.25, 0.3) is 0 Å². The molecule has 1 unspecified atom stereocenters. The summed E-state index contributed by atoms with van der Waals surface area (Å²) >= 11 is 0. The molecule has 0 fully saturated rings. The molecule has 0 saturated carbocycles. The molecule has 0 radical (unpaired) electrons. The Labute approximate surface area is 153 Å². The zero-order chi connectivity index (χ0) is 18.7. The fourth-order valence-corrected chi connectivity index (χ4v) is 4.01. The number of amides is 2. The molecule has 0 bridgehead atoms. The fraction of sp³-hybridized carbons (Fsp3) is 0.333. The summed E-state index contributed by atoms with van der Waals surface area (Å²) in [5, 5.41) is 0. The third kappa shape index (κ3) is 2.16. The van der Waals surface area contributed by atoms with Gasteiger partial charge < -0.3 is 9.64 Å². The Bertz CT molecular complexity index is 915. The van der Waals surface area contributed by atoms with Crippen molar-refractivity contribution in [3.05, 3.63) is 59.7 Å². The molecule has 2 heterocycles. The van der Waals surface area contributed by atoms with Crippen molar-refractivity contribution in [2.45, 2.75) is 38.3 Å². The number of fused-ring (bicyclic) bond motifs is 3. The highest BCUT2D eigenvalue weighted by Crippen LogP contribution is 2.52. The molecule has 26 heavy (non-hydrogen) atoms. The molecule has 2 aromatic carbocycles. The molecule has 4 rings (SSSR count). The maximum atomic E-state index is 13.4. The second kappa shape index (κ2) is 5.34. The summed E-state index contributed by atoms with van der Waals surface area (Å²) in [5.74, 6) is -0.110. The van der Waals surface area contributed by atoms with Gasteiger partial charge >= 0.3 is 6.09 Å². The van der Waals surface area contributed by atoms with Crippen LogP contribution in [0.15, 0.2) is 48.5 Å². The molecule has 0 N–H and O–H groups in total. The van der Waals surface area contributed by atoms with Crippen molar-refractivity contribution in [2.75, 3.05) is 16.8 Å². The van der Waals surface area contributed by atoms with Crippen molar-refractivity contribution in [1.82, 2.24) is 0 Å². The Morgan fingerprint density at radius 1 is 1.04 bits per heavy atom. The SMILES string of the molecule is CN1C(=O)C2(Cc3ccccc3N2C(=O)OC(C)(C)C)c2ccccc21. The Balaban J connectivity index is 1.93. The van der Waals surface area contributed by atoms with Gasteiger partial charge in [0.15, 0.2) is 5.54 Å². The lowest BCUT2D eigenvalue weighted by atomic mass is 9.87. The number of hydrogen-bond acceptors (Lipinski definition) is 3. The minimum Gasteiger partial charge on any atom is -0.443 e. The van der Waals surface area contributed by atoms with Crippen molar-refractivity contribution in [1.29, 1.82) is 0 Å². The average Bonchev–Trinajstić information content (AvgIpc) is 3.03. The second-order valence-corrected chi connectivity index (χ2v) is 7.86. The van der Waals surface area contributed by atoms with Crippen LogP contribution in [0.4, 0.5) is 16.2 Å². The summed E-state index contributed by atoms with van der Waals surface area (Å²) in [6.45, 7) is 5.49. The summed E-state index contributed by atoms with van der Waals surface area (Å²) in [7, 11) is 1.76. The number of hydrogen-bond donors (Lipinski definition) is 0. The molecule has 2 aliphatic heterocycles. The molecule has 2 aromatic rings. The highest BCUT2D eigenvalue weighted by molar-refractivity contribution is 6.15. The van der Waals surface area contributed by atoms with Crippen molar-refractivity contribution < 1.29 is 14.3 Å². The summed E-state index contributed by atoms with van der Waals surface area (Å²) < 4.78 is 5.68. The normalized spacial score (nSPS) is 21.2. The van der Waals surface area contributed by atoms with E-state index in [0.29, 0.717) is 6.42 Å². The summed E-state index contributed by atoms with van der Waals surface area (Å²) in [6, 6.07) is 15.3. The number of carbonyl (C=O) groups excluding carboxylic acids is 2. The van der Waals surface area contributed by atoms with E-state index in [0.717, 1.165) is 22.5 Å². The molecule has 1 atom stereocenters. The van der Waals surface area contributed by atoms with Crippen LogP contribution in [-0.4, -0.2) is 24.6 Å². The first-order valence-electron chi connectivity index (χ1n) is 8.74. The standard InChI is InChI=1S/C21H22N2O3/c1-20(2,3)26-19(25)23-16-11-7-5-9-14(16)13-21(23)15-10-6-8-12-17(15)22(4)18(21)24/h5-12H,13H2,1-4H3. The van der Waals surface area contributed by atoms with Crippen LogP contribution >= 0.6 is 0 Å². The van der Waals surface area contributed by atoms with E-state index in [-0.39, 0.29) is 5.91 Å². The molecule has 2 aliphatic rings. The summed E-state index contributed by atoms with van der Waals surface area (Å²) in [5.41, 5.74) is 1.64. The predicted molar refractivity (Wildman–Crippen MR) is 100 cm³/mol. The van der Waals surface area contributed by atoms with Crippen LogP contribution in [0, 0.1) is 0 Å². The van der Waals surface area contributed by atoms with Gasteiger partial charge in [0.2, 0.25) is 0 Å². The molecule has 0 aliphatic carbocycles. The first kappa shape index (κ1) is 16.6. The smallest absolute Gasteiger partial charge is 0.416 e. The van der Waals surface area contributed by atoms with Crippen LogP contribution in [-0.2, 0) is 21.5 Å². The maximum Gasteiger partial charge on any atom is 0.416 e. The van der Waals surface area contributed by atoms with Gasteiger partial charge in [0.25, 0.3) is 5.91 Å². The van der Waals surface area contributed by atoms with E-state index in [2.05, 4.69) is 0 Å². The summed E-state index contributed by atoms with van der Waals surface area (Å²) in [6.07, 6.45) is -0.0521. The van der Waals surface area contributed by atoms with E-state index in [9.17, 15) is 9.59 Å². The quantitative estimate of drug-likeness (QED) is 0.725. The zero-order valence-corrected chi connectivity index (χ0v) is 15.4. The molecule has 1 spiro atoms. The van der Waals surface area contributed by atoms with Gasteiger partial charge in [0.05, 0.1) is 5.69 Å². The van der Waals surface area contributed by atoms with Gasteiger partial charge in [-0.15, -0.1) is 0 Å². The van der Waals surface area contributed by atoms with E-state index in [4.69, 9.17) is 4.74 Å². The van der Waals surface area contributed by atoms with Crippen LogP contribution in [0.3, 0.4) is 0 Å².